The van der Waals surface area contributed by atoms with Gasteiger partial charge in [-0.25, -0.2) is 13.4 Å². The van der Waals surface area contributed by atoms with Crippen LogP contribution in [0.15, 0.2) is 46.7 Å². The summed E-state index contributed by atoms with van der Waals surface area (Å²) in [6.07, 6.45) is 0. The summed E-state index contributed by atoms with van der Waals surface area (Å²) in [6.45, 7) is 6.60. The highest BCUT2D eigenvalue weighted by Gasteiger charge is 2.36. The lowest BCUT2D eigenvalue weighted by atomic mass is 9.98. The van der Waals surface area contributed by atoms with E-state index in [1.54, 1.807) is 23.5 Å². The molecule has 1 aromatic heterocycles. The van der Waals surface area contributed by atoms with Gasteiger partial charge in [0.05, 0.1) is 27.8 Å². The van der Waals surface area contributed by atoms with Crippen LogP contribution in [-0.4, -0.2) is 13.4 Å². The van der Waals surface area contributed by atoms with E-state index >= 15 is 0 Å². The molecule has 0 radical (unpaired) electrons. The van der Waals surface area contributed by atoms with Gasteiger partial charge in [0.15, 0.2) is 0 Å². The molecule has 2 aromatic carbocycles. The molecule has 4 rings (SSSR count). The quantitative estimate of drug-likeness (QED) is 0.686. The van der Waals surface area contributed by atoms with Gasteiger partial charge < -0.3 is 0 Å². The molecule has 0 saturated heterocycles. The molecule has 3 aromatic rings. The van der Waals surface area contributed by atoms with E-state index in [1.165, 1.54) is 4.31 Å². The predicted octanol–water partition coefficient (Wildman–Crippen LogP) is 4.30. The van der Waals surface area contributed by atoms with Crippen molar-refractivity contribution in [3.05, 3.63) is 52.5 Å². The highest BCUT2D eigenvalue weighted by atomic mass is 32.2. The molecule has 0 bridgehead atoms. The second-order valence-corrected chi connectivity index (χ2v) is 9.73. The van der Waals surface area contributed by atoms with Crippen LogP contribution in [0.1, 0.15) is 31.5 Å². The van der Waals surface area contributed by atoms with Gasteiger partial charge >= 0.3 is 0 Å². The lowest BCUT2D eigenvalue weighted by molar-refractivity contribution is 0.581. The summed E-state index contributed by atoms with van der Waals surface area (Å²) in [5, 5.41) is 4.74. The molecule has 2 heterocycles. The summed E-state index contributed by atoms with van der Waals surface area (Å²) >= 11 is 1.58. The molecule has 0 aliphatic carbocycles. The third-order valence-corrected chi connectivity index (χ3v) is 7.30. The van der Waals surface area contributed by atoms with E-state index < -0.39 is 10.0 Å². The Labute approximate surface area is 145 Å². The lowest BCUT2D eigenvalue weighted by Gasteiger charge is -2.18. The average Bonchev–Trinajstić information content (AvgIpc) is 3.07. The standard InChI is InChI=1S/C18H18N2O2S2/c1-18(2,3)17-19-13(11-23-17)10-20-14-8-4-6-12-7-5-9-15(16(12)14)24(20,21)22/h4-9,11H,10H2,1-3H3. The zero-order valence-electron chi connectivity index (χ0n) is 13.8. The number of hydrogen-bond donors (Lipinski definition) is 0. The van der Waals surface area contributed by atoms with Crippen molar-refractivity contribution in [2.24, 2.45) is 0 Å². The molecule has 124 valence electrons. The number of hydrogen-bond acceptors (Lipinski definition) is 4. The second kappa shape index (κ2) is 5.04. The van der Waals surface area contributed by atoms with Gasteiger partial charge in [-0.15, -0.1) is 11.3 Å². The van der Waals surface area contributed by atoms with Crippen molar-refractivity contribution in [1.82, 2.24) is 4.98 Å². The predicted molar refractivity (Wildman–Crippen MR) is 98.1 cm³/mol. The summed E-state index contributed by atoms with van der Waals surface area (Å²) in [5.41, 5.74) is 1.50. The number of sulfonamides is 1. The molecule has 4 nitrogen and oxygen atoms in total. The van der Waals surface area contributed by atoms with Crippen LogP contribution in [0, 0.1) is 0 Å². The van der Waals surface area contributed by atoms with Crippen molar-refractivity contribution >= 4 is 37.8 Å². The molecule has 6 heteroatoms. The van der Waals surface area contributed by atoms with Gasteiger partial charge in [-0.1, -0.05) is 45.0 Å². The molecule has 0 saturated carbocycles. The van der Waals surface area contributed by atoms with Crippen LogP contribution in [0.2, 0.25) is 0 Å². The summed E-state index contributed by atoms with van der Waals surface area (Å²) in [5.74, 6) is 0. The van der Waals surface area contributed by atoms with Crippen LogP contribution in [0.4, 0.5) is 5.69 Å². The molecule has 1 aliphatic heterocycles. The number of rotatable bonds is 2. The molecule has 0 spiro atoms. The summed E-state index contributed by atoms with van der Waals surface area (Å²) < 4.78 is 27.4. The fourth-order valence-electron chi connectivity index (χ4n) is 3.00. The summed E-state index contributed by atoms with van der Waals surface area (Å²) in [7, 11) is -3.52. The van der Waals surface area contributed by atoms with Gasteiger partial charge in [0, 0.05) is 16.2 Å². The Bertz CT molecular complexity index is 1040. The summed E-state index contributed by atoms with van der Waals surface area (Å²) in [6, 6.07) is 11.1. The number of nitrogens with zero attached hydrogens (tertiary/aromatic N) is 2. The van der Waals surface area contributed by atoms with Crippen molar-refractivity contribution in [3.63, 3.8) is 0 Å². The largest absolute Gasteiger partial charge is 0.265 e. The minimum absolute atomic E-state index is 0.0320. The minimum Gasteiger partial charge on any atom is -0.260 e. The molecular formula is C18H18N2O2S2. The van der Waals surface area contributed by atoms with Crippen LogP contribution in [0.3, 0.4) is 0 Å². The Morgan fingerprint density at radius 3 is 2.50 bits per heavy atom. The van der Waals surface area contributed by atoms with Gasteiger partial charge in [-0.2, -0.15) is 0 Å². The van der Waals surface area contributed by atoms with Gasteiger partial charge in [-0.05, 0) is 17.5 Å². The van der Waals surface area contributed by atoms with E-state index in [4.69, 9.17) is 0 Å². The van der Waals surface area contributed by atoms with Crippen LogP contribution in [0.5, 0.6) is 0 Å². The Kier molecular flexibility index (Phi) is 3.27. The van der Waals surface area contributed by atoms with E-state index in [-0.39, 0.29) is 12.0 Å². The van der Waals surface area contributed by atoms with E-state index in [0.29, 0.717) is 4.90 Å². The Morgan fingerprint density at radius 2 is 1.83 bits per heavy atom. The smallest absolute Gasteiger partial charge is 0.260 e. The number of anilines is 1. The van der Waals surface area contributed by atoms with Crippen molar-refractivity contribution in [2.45, 2.75) is 37.6 Å². The Hall–Kier alpha value is -1.92. The molecule has 0 N–H and O–H groups in total. The van der Waals surface area contributed by atoms with Crippen LogP contribution in [-0.2, 0) is 22.0 Å². The molecule has 0 fully saturated rings. The molecule has 0 amide bonds. The Morgan fingerprint density at radius 1 is 1.12 bits per heavy atom. The lowest BCUT2D eigenvalue weighted by Crippen LogP contribution is -2.26. The van der Waals surface area contributed by atoms with Crippen molar-refractivity contribution < 1.29 is 8.42 Å². The van der Waals surface area contributed by atoms with E-state index in [1.807, 2.05) is 29.6 Å². The normalized spacial score (nSPS) is 16.0. The Balaban J connectivity index is 1.80. The van der Waals surface area contributed by atoms with Crippen LogP contribution in [0.25, 0.3) is 10.8 Å². The van der Waals surface area contributed by atoms with Crippen molar-refractivity contribution in [2.75, 3.05) is 4.31 Å². The van der Waals surface area contributed by atoms with E-state index in [0.717, 1.165) is 27.2 Å². The third-order valence-electron chi connectivity index (χ3n) is 4.18. The SMILES string of the molecule is CC(C)(C)c1nc(CN2c3cccc4cccc(c34)S2(=O)=O)cs1. The molecular weight excluding hydrogens is 340 g/mol. The fourth-order valence-corrected chi connectivity index (χ4v) is 5.58. The molecule has 0 atom stereocenters. The second-order valence-electron chi connectivity index (χ2n) is 7.04. The number of aromatic nitrogens is 1. The maximum atomic E-state index is 13.0. The fraction of sp³-hybridized carbons (Fsp3) is 0.278. The first kappa shape index (κ1) is 15.6. The maximum absolute atomic E-state index is 13.0. The minimum atomic E-state index is -3.52. The van der Waals surface area contributed by atoms with E-state index in [9.17, 15) is 8.42 Å². The van der Waals surface area contributed by atoms with Crippen molar-refractivity contribution in [1.29, 1.82) is 0 Å². The van der Waals surface area contributed by atoms with Gasteiger partial charge in [0.2, 0.25) is 0 Å². The van der Waals surface area contributed by atoms with Crippen LogP contribution >= 0.6 is 11.3 Å². The zero-order valence-corrected chi connectivity index (χ0v) is 15.4. The van der Waals surface area contributed by atoms with Crippen molar-refractivity contribution in [3.8, 4) is 0 Å². The molecule has 0 unspecified atom stereocenters. The molecule has 24 heavy (non-hydrogen) atoms. The first-order chi connectivity index (χ1) is 11.3. The highest BCUT2D eigenvalue weighted by molar-refractivity contribution is 7.93. The third kappa shape index (κ3) is 2.24. The van der Waals surface area contributed by atoms with Gasteiger partial charge in [-0.3, -0.25) is 4.31 Å². The number of thiazole rings is 1. The maximum Gasteiger partial charge on any atom is 0.265 e. The average molecular weight is 358 g/mol. The first-order valence-electron chi connectivity index (χ1n) is 7.78. The van der Waals surface area contributed by atoms with E-state index in [2.05, 4.69) is 25.8 Å². The van der Waals surface area contributed by atoms with Gasteiger partial charge in [0.1, 0.15) is 0 Å². The number of benzene rings is 2. The molecule has 1 aliphatic rings. The van der Waals surface area contributed by atoms with Gasteiger partial charge in [0.25, 0.3) is 10.0 Å². The summed E-state index contributed by atoms with van der Waals surface area (Å²) in [4.78, 5) is 5.04. The monoisotopic (exact) mass is 358 g/mol. The first-order valence-corrected chi connectivity index (χ1v) is 10.1. The van der Waals surface area contributed by atoms with Crippen LogP contribution < -0.4 is 4.31 Å². The topological polar surface area (TPSA) is 50.3 Å². The zero-order chi connectivity index (χ0) is 17.1. The highest BCUT2D eigenvalue weighted by Crippen LogP contribution is 2.42.